The number of thiophene rings is 1. The van der Waals surface area contributed by atoms with E-state index in [-0.39, 0.29) is 17.2 Å². The monoisotopic (exact) mass is 419 g/mol. The molecule has 6 nitrogen and oxygen atoms in total. The highest BCUT2D eigenvalue weighted by atomic mass is 32.2. The van der Waals surface area contributed by atoms with Crippen molar-refractivity contribution in [1.82, 2.24) is 9.29 Å². The maximum absolute atomic E-state index is 13.3. The number of carbonyl (C=O) groups excluding carboxylic acids is 1. The zero-order valence-corrected chi connectivity index (χ0v) is 16.8. The van der Waals surface area contributed by atoms with E-state index in [9.17, 15) is 17.6 Å². The number of hydrogen-bond acceptors (Lipinski definition) is 5. The SMILES string of the molecule is CN(C)S(=O)(=O)c1cccc(CC(=O)Nc2cc(-c3ccnc(F)c3)cs2)c1. The van der Waals surface area contributed by atoms with Gasteiger partial charge in [-0.25, -0.2) is 17.7 Å². The maximum atomic E-state index is 13.3. The molecule has 1 aromatic carbocycles. The van der Waals surface area contributed by atoms with Gasteiger partial charge in [0.1, 0.15) is 0 Å². The van der Waals surface area contributed by atoms with Crippen LogP contribution in [0.5, 0.6) is 0 Å². The van der Waals surface area contributed by atoms with Crippen LogP contribution in [0.25, 0.3) is 11.1 Å². The molecule has 2 aromatic heterocycles. The van der Waals surface area contributed by atoms with Gasteiger partial charge in [-0.15, -0.1) is 11.3 Å². The number of aromatic nitrogens is 1. The number of carbonyl (C=O) groups is 1. The molecular formula is C19H18FN3O3S2. The Morgan fingerprint density at radius 3 is 2.68 bits per heavy atom. The van der Waals surface area contributed by atoms with Gasteiger partial charge in [0.2, 0.25) is 21.9 Å². The van der Waals surface area contributed by atoms with E-state index in [1.54, 1.807) is 24.3 Å². The number of sulfonamides is 1. The quantitative estimate of drug-likeness (QED) is 0.621. The summed E-state index contributed by atoms with van der Waals surface area (Å²) in [5.41, 5.74) is 2.04. The normalized spacial score (nSPS) is 11.6. The van der Waals surface area contributed by atoms with E-state index in [1.807, 2.05) is 5.38 Å². The first kappa shape index (κ1) is 20.1. The molecule has 1 N–H and O–H groups in total. The van der Waals surface area contributed by atoms with Crippen molar-refractivity contribution in [2.75, 3.05) is 19.4 Å². The fourth-order valence-corrected chi connectivity index (χ4v) is 4.33. The van der Waals surface area contributed by atoms with Crippen molar-refractivity contribution in [3.63, 3.8) is 0 Å². The lowest BCUT2D eigenvalue weighted by Crippen LogP contribution is -2.22. The lowest BCUT2D eigenvalue weighted by molar-refractivity contribution is -0.115. The molecule has 0 bridgehead atoms. The summed E-state index contributed by atoms with van der Waals surface area (Å²) in [6, 6.07) is 11.1. The third-order valence-corrected chi connectivity index (χ3v) is 6.62. The summed E-state index contributed by atoms with van der Waals surface area (Å²) in [4.78, 5) is 16.0. The fraction of sp³-hybridized carbons (Fsp3) is 0.158. The predicted octanol–water partition coefficient (Wildman–Crippen LogP) is 3.38. The summed E-state index contributed by atoms with van der Waals surface area (Å²) >= 11 is 1.32. The minimum atomic E-state index is -3.56. The van der Waals surface area contributed by atoms with E-state index in [0.29, 0.717) is 16.1 Å². The Bertz CT molecular complexity index is 1110. The molecule has 0 spiro atoms. The molecule has 3 aromatic rings. The van der Waals surface area contributed by atoms with E-state index >= 15 is 0 Å². The molecule has 1 amide bonds. The summed E-state index contributed by atoms with van der Waals surface area (Å²) in [5, 5.41) is 5.22. The lowest BCUT2D eigenvalue weighted by Gasteiger charge is -2.12. The second-order valence-corrected chi connectivity index (χ2v) is 9.29. The van der Waals surface area contributed by atoms with Crippen LogP contribution in [0.2, 0.25) is 0 Å². The zero-order valence-electron chi connectivity index (χ0n) is 15.2. The van der Waals surface area contributed by atoms with Gasteiger partial charge in [-0.05, 0) is 41.0 Å². The van der Waals surface area contributed by atoms with Crippen LogP contribution >= 0.6 is 11.3 Å². The Hall–Kier alpha value is -2.62. The zero-order chi connectivity index (χ0) is 20.3. The number of nitrogens with zero attached hydrogens (tertiary/aromatic N) is 2. The van der Waals surface area contributed by atoms with Crippen LogP contribution in [-0.2, 0) is 21.2 Å². The van der Waals surface area contributed by atoms with Gasteiger partial charge in [0.25, 0.3) is 0 Å². The van der Waals surface area contributed by atoms with Gasteiger partial charge < -0.3 is 5.32 Å². The summed E-state index contributed by atoms with van der Waals surface area (Å²) in [7, 11) is -0.645. The van der Waals surface area contributed by atoms with Crippen molar-refractivity contribution in [3.05, 3.63) is 65.6 Å². The molecule has 3 rings (SSSR count). The van der Waals surface area contributed by atoms with Crippen molar-refractivity contribution < 1.29 is 17.6 Å². The molecule has 0 aliphatic carbocycles. The standard InChI is InChI=1S/C19H18FN3O3S2/c1-23(2)28(25,26)16-5-3-4-13(8-16)9-18(24)22-19-11-15(12-27-19)14-6-7-21-17(20)10-14/h3-8,10-12H,9H2,1-2H3,(H,22,24). The van der Waals surface area contributed by atoms with E-state index in [2.05, 4.69) is 10.3 Å². The molecule has 2 heterocycles. The van der Waals surface area contributed by atoms with Gasteiger partial charge >= 0.3 is 0 Å². The number of pyridine rings is 1. The number of nitrogens with one attached hydrogen (secondary N) is 1. The molecule has 0 unspecified atom stereocenters. The van der Waals surface area contributed by atoms with Crippen LogP contribution in [0.15, 0.2) is 58.9 Å². The Morgan fingerprint density at radius 2 is 1.96 bits per heavy atom. The number of hydrogen-bond donors (Lipinski definition) is 1. The molecule has 0 atom stereocenters. The van der Waals surface area contributed by atoms with E-state index in [0.717, 1.165) is 9.87 Å². The number of amides is 1. The Labute approximate surface area is 166 Å². The minimum absolute atomic E-state index is 0.0356. The van der Waals surface area contributed by atoms with Crippen LogP contribution in [0.4, 0.5) is 9.39 Å². The van der Waals surface area contributed by atoms with Crippen LogP contribution in [-0.4, -0.2) is 37.7 Å². The Balaban J connectivity index is 1.70. The van der Waals surface area contributed by atoms with E-state index in [4.69, 9.17) is 0 Å². The summed E-state index contributed by atoms with van der Waals surface area (Å²) in [6.45, 7) is 0. The molecule has 0 saturated carbocycles. The van der Waals surface area contributed by atoms with Crippen LogP contribution in [0.3, 0.4) is 0 Å². The molecule has 146 valence electrons. The maximum Gasteiger partial charge on any atom is 0.242 e. The van der Waals surface area contributed by atoms with Gasteiger partial charge in [-0.2, -0.15) is 4.39 Å². The average Bonchev–Trinajstić information content (AvgIpc) is 3.10. The van der Waals surface area contributed by atoms with Crippen LogP contribution < -0.4 is 5.32 Å². The van der Waals surface area contributed by atoms with E-state index < -0.39 is 16.0 Å². The van der Waals surface area contributed by atoms with Gasteiger partial charge in [-0.3, -0.25) is 4.79 Å². The summed E-state index contributed by atoms with van der Waals surface area (Å²) < 4.78 is 38.8. The smallest absolute Gasteiger partial charge is 0.242 e. The Kier molecular flexibility index (Phi) is 5.87. The molecule has 0 aliphatic rings. The van der Waals surface area contributed by atoms with Gasteiger partial charge in [0, 0.05) is 31.7 Å². The first-order valence-corrected chi connectivity index (χ1v) is 10.6. The first-order valence-electron chi connectivity index (χ1n) is 8.27. The van der Waals surface area contributed by atoms with Crippen molar-refractivity contribution >= 4 is 32.3 Å². The third kappa shape index (κ3) is 4.61. The summed E-state index contributed by atoms with van der Waals surface area (Å²) in [6.07, 6.45) is 1.42. The van der Waals surface area contributed by atoms with E-state index in [1.165, 1.54) is 49.8 Å². The Morgan fingerprint density at radius 1 is 1.18 bits per heavy atom. The van der Waals surface area contributed by atoms with Crippen molar-refractivity contribution in [1.29, 1.82) is 0 Å². The highest BCUT2D eigenvalue weighted by molar-refractivity contribution is 7.89. The second kappa shape index (κ2) is 8.17. The highest BCUT2D eigenvalue weighted by Gasteiger charge is 2.18. The molecule has 0 saturated heterocycles. The molecule has 0 fully saturated rings. The predicted molar refractivity (Wildman–Crippen MR) is 107 cm³/mol. The van der Waals surface area contributed by atoms with Crippen LogP contribution in [0, 0.1) is 5.95 Å². The first-order chi connectivity index (χ1) is 13.3. The summed E-state index contributed by atoms with van der Waals surface area (Å²) in [5.74, 6) is -0.837. The molecular weight excluding hydrogens is 401 g/mol. The van der Waals surface area contributed by atoms with Gasteiger partial charge in [0.15, 0.2) is 0 Å². The fourth-order valence-electron chi connectivity index (χ4n) is 2.53. The average molecular weight is 420 g/mol. The largest absolute Gasteiger partial charge is 0.317 e. The lowest BCUT2D eigenvalue weighted by atomic mass is 10.1. The second-order valence-electron chi connectivity index (χ2n) is 6.23. The molecule has 0 radical (unpaired) electrons. The molecule has 28 heavy (non-hydrogen) atoms. The molecule has 0 aliphatic heterocycles. The van der Waals surface area contributed by atoms with Crippen molar-refractivity contribution in [3.8, 4) is 11.1 Å². The van der Waals surface area contributed by atoms with Gasteiger partial charge in [-0.1, -0.05) is 12.1 Å². The number of anilines is 1. The minimum Gasteiger partial charge on any atom is -0.317 e. The highest BCUT2D eigenvalue weighted by Crippen LogP contribution is 2.29. The topological polar surface area (TPSA) is 79.4 Å². The third-order valence-electron chi connectivity index (χ3n) is 3.96. The van der Waals surface area contributed by atoms with Crippen molar-refractivity contribution in [2.45, 2.75) is 11.3 Å². The van der Waals surface area contributed by atoms with Crippen LogP contribution in [0.1, 0.15) is 5.56 Å². The number of rotatable bonds is 6. The van der Waals surface area contributed by atoms with Gasteiger partial charge in [0.05, 0.1) is 16.3 Å². The number of halogens is 1. The van der Waals surface area contributed by atoms with Crippen molar-refractivity contribution in [2.24, 2.45) is 0 Å². The number of benzene rings is 1. The molecule has 9 heteroatoms.